The van der Waals surface area contributed by atoms with E-state index in [2.05, 4.69) is 10.6 Å². The highest BCUT2D eigenvalue weighted by Gasteiger charge is 2.57. The van der Waals surface area contributed by atoms with E-state index in [1.165, 1.54) is 0 Å². The number of hydrogen-bond acceptors (Lipinski definition) is 20. The highest BCUT2D eigenvalue weighted by atomic mass is 16.8. The van der Waals surface area contributed by atoms with Crippen molar-refractivity contribution in [2.45, 2.75) is 141 Å². The number of ether oxygens (including phenoxy) is 11. The quantitative estimate of drug-likeness (QED) is 0.0919. The zero-order valence-corrected chi connectivity index (χ0v) is 39.6. The van der Waals surface area contributed by atoms with E-state index in [9.17, 15) is 48.3 Å². The van der Waals surface area contributed by atoms with Crippen LogP contribution in [0.15, 0.2) is 48.5 Å². The Morgan fingerprint density at radius 2 is 1.06 bits per heavy atom. The second kappa shape index (κ2) is 25.3. The summed E-state index contributed by atoms with van der Waals surface area (Å²) in [6.07, 6.45) is -15.1. The van der Waals surface area contributed by atoms with Gasteiger partial charge in [0.05, 0.1) is 0 Å². The molecule has 0 aromatic heterocycles. The molecule has 2 fully saturated rings. The number of unbranched alkanes of at least 4 members (excludes halogenated alkanes) is 1. The minimum atomic E-state index is -1.86. The van der Waals surface area contributed by atoms with Gasteiger partial charge in [-0.25, -0.2) is 9.59 Å². The van der Waals surface area contributed by atoms with Gasteiger partial charge in [0.1, 0.15) is 50.2 Å². The SMILES string of the molecule is CC(=O)N[C@H]1[C@@H](OCCCC[C@H](NC(=O)OCC2c3ccccc3-c3ccccc32)C(=O)O)O[C@H](COC(C)=O)[C@H](OC(C)=O)[C@@H]1O[C@@H]1O[C@H](COC(C)=O)[C@H](OC(C)=O)[C@H](OC(C)=O)[C@H]1OC(C)=O. The predicted octanol–water partition coefficient (Wildman–Crippen LogP) is 2.36. The zero-order chi connectivity index (χ0) is 51.2. The van der Waals surface area contributed by atoms with Gasteiger partial charge in [-0.2, -0.15) is 0 Å². The molecule has 2 aromatic rings. The topological polar surface area (TPSA) is 299 Å². The van der Waals surface area contributed by atoms with E-state index in [4.69, 9.17) is 52.1 Å². The fourth-order valence-corrected chi connectivity index (χ4v) is 8.41. The molecule has 1 aliphatic carbocycles. The number of carboxylic acids is 1. The highest BCUT2D eigenvalue weighted by Crippen LogP contribution is 2.44. The van der Waals surface area contributed by atoms with Crippen LogP contribution in [0.5, 0.6) is 0 Å². The molecule has 0 bridgehead atoms. The maximum Gasteiger partial charge on any atom is 0.407 e. The smallest absolute Gasteiger partial charge is 0.407 e. The minimum absolute atomic E-state index is 0.0356. The molecule has 0 radical (unpaired) electrons. The third kappa shape index (κ3) is 14.9. The van der Waals surface area contributed by atoms with Crippen molar-refractivity contribution in [3.63, 3.8) is 0 Å². The average molecular weight is 987 g/mol. The molecule has 0 spiro atoms. The fraction of sp³-hybridized carbons (Fsp3) is 0.553. The van der Waals surface area contributed by atoms with Gasteiger partial charge in [-0.3, -0.25) is 33.6 Å². The first-order valence-electron chi connectivity index (χ1n) is 22.4. The van der Waals surface area contributed by atoms with Gasteiger partial charge in [0, 0.05) is 61.0 Å². The first-order chi connectivity index (χ1) is 33.2. The summed E-state index contributed by atoms with van der Waals surface area (Å²) in [5.41, 5.74) is 4.00. The van der Waals surface area contributed by atoms with Crippen molar-refractivity contribution >= 4 is 53.8 Å². The summed E-state index contributed by atoms with van der Waals surface area (Å²) in [7, 11) is 0. The largest absolute Gasteiger partial charge is 0.480 e. The molecule has 11 atom stereocenters. The molecule has 70 heavy (non-hydrogen) atoms. The molecule has 3 aliphatic rings. The highest BCUT2D eigenvalue weighted by molar-refractivity contribution is 5.81. The Morgan fingerprint density at radius 3 is 1.56 bits per heavy atom. The lowest BCUT2D eigenvalue weighted by Crippen LogP contribution is -2.69. The lowest BCUT2D eigenvalue weighted by Gasteiger charge is -2.49. The molecule has 382 valence electrons. The number of fused-ring (bicyclic) bond motifs is 3. The molecular weight excluding hydrogens is 929 g/mol. The molecule has 2 amide bonds. The Labute approximate surface area is 402 Å². The van der Waals surface area contributed by atoms with E-state index in [1.54, 1.807) is 0 Å². The minimum Gasteiger partial charge on any atom is -0.480 e. The number of rotatable bonds is 21. The van der Waals surface area contributed by atoms with E-state index in [1.807, 2.05) is 48.5 Å². The van der Waals surface area contributed by atoms with Crippen LogP contribution in [0.25, 0.3) is 11.1 Å². The van der Waals surface area contributed by atoms with Crippen molar-refractivity contribution < 1.29 is 100 Å². The Kier molecular flexibility index (Phi) is 19.6. The van der Waals surface area contributed by atoms with E-state index >= 15 is 0 Å². The molecule has 23 heteroatoms. The van der Waals surface area contributed by atoms with Crippen LogP contribution in [-0.2, 0) is 90.5 Å². The molecule has 0 saturated carbocycles. The summed E-state index contributed by atoms with van der Waals surface area (Å²) in [5, 5.41) is 15.1. The molecule has 2 heterocycles. The number of alkyl carbamates (subject to hydrolysis) is 1. The fourth-order valence-electron chi connectivity index (χ4n) is 8.41. The summed E-state index contributed by atoms with van der Waals surface area (Å²) in [4.78, 5) is 112. The summed E-state index contributed by atoms with van der Waals surface area (Å²) in [6, 6.07) is 12.7. The van der Waals surface area contributed by atoms with E-state index < -0.39 is 134 Å². The third-order valence-corrected chi connectivity index (χ3v) is 11.1. The van der Waals surface area contributed by atoms with Crippen LogP contribution in [0, 0.1) is 0 Å². The van der Waals surface area contributed by atoms with Gasteiger partial charge < -0.3 is 67.8 Å². The van der Waals surface area contributed by atoms with E-state index in [0.717, 1.165) is 70.7 Å². The van der Waals surface area contributed by atoms with E-state index in [0.29, 0.717) is 0 Å². The van der Waals surface area contributed by atoms with Gasteiger partial charge in [0.25, 0.3) is 0 Å². The third-order valence-electron chi connectivity index (χ3n) is 11.1. The van der Waals surface area contributed by atoms with Crippen LogP contribution in [0.3, 0.4) is 0 Å². The second-order valence-corrected chi connectivity index (χ2v) is 16.5. The second-order valence-electron chi connectivity index (χ2n) is 16.5. The average Bonchev–Trinajstić information content (AvgIpc) is 3.59. The van der Waals surface area contributed by atoms with Crippen LogP contribution in [0.4, 0.5) is 4.79 Å². The van der Waals surface area contributed by atoms with Crippen LogP contribution < -0.4 is 10.6 Å². The van der Waals surface area contributed by atoms with Crippen molar-refractivity contribution in [2.24, 2.45) is 0 Å². The molecule has 2 aliphatic heterocycles. The number of esters is 6. The van der Waals surface area contributed by atoms with Crippen molar-refractivity contribution in [3.8, 4) is 11.1 Å². The Hall–Kier alpha value is -6.69. The van der Waals surface area contributed by atoms with Crippen molar-refractivity contribution in [3.05, 3.63) is 59.7 Å². The number of amides is 2. The maximum absolute atomic E-state index is 13.0. The Morgan fingerprint density at radius 1 is 0.571 bits per heavy atom. The number of nitrogens with one attached hydrogen (secondary N) is 2. The summed E-state index contributed by atoms with van der Waals surface area (Å²) < 4.78 is 63.1. The van der Waals surface area contributed by atoms with Gasteiger partial charge in [0.15, 0.2) is 37.0 Å². The van der Waals surface area contributed by atoms with Crippen LogP contribution in [-0.4, -0.2) is 153 Å². The monoisotopic (exact) mass is 986 g/mol. The zero-order valence-electron chi connectivity index (χ0n) is 39.6. The first-order valence-corrected chi connectivity index (χ1v) is 22.4. The number of benzene rings is 2. The van der Waals surface area contributed by atoms with Gasteiger partial charge in [-0.15, -0.1) is 0 Å². The van der Waals surface area contributed by atoms with Crippen LogP contribution in [0.2, 0.25) is 0 Å². The molecule has 2 saturated heterocycles. The van der Waals surface area contributed by atoms with Gasteiger partial charge in [-0.1, -0.05) is 48.5 Å². The molecule has 5 rings (SSSR count). The van der Waals surface area contributed by atoms with Crippen molar-refractivity contribution in [2.75, 3.05) is 26.4 Å². The summed E-state index contributed by atoms with van der Waals surface area (Å²) in [5.74, 6) is -7.44. The van der Waals surface area contributed by atoms with Crippen molar-refractivity contribution in [1.82, 2.24) is 10.6 Å². The standard InChI is InChI=1S/C47H58N2O21/c1-23(50)48-38-41(70-46-43(67-29(7)56)42(66-28(6)55)40(65-27(5)54)37(69-46)22-62-25(3)52)39(64-26(4)53)36(21-61-24(2)51)68-45(38)60-19-13-12-18-35(44(57)58)49-47(59)63-20-34-32-16-10-8-14-30(32)31-15-9-11-17-33(31)34/h8-11,14-17,34-43,45-46H,12-13,18-22H2,1-7H3,(H,48,50)(H,49,59)(H,57,58)/t35-,36+,37+,38+,39-,40-,41+,42-,43+,45-,46-/m0/s1. The maximum atomic E-state index is 13.0. The van der Waals surface area contributed by atoms with Crippen molar-refractivity contribution in [1.29, 1.82) is 0 Å². The summed E-state index contributed by atoms with van der Waals surface area (Å²) >= 11 is 0. The Balaban J connectivity index is 1.35. The number of carbonyl (C=O) groups is 9. The molecule has 0 unspecified atom stereocenters. The number of hydrogen-bond donors (Lipinski definition) is 3. The predicted molar refractivity (Wildman–Crippen MR) is 235 cm³/mol. The molecule has 3 N–H and O–H groups in total. The summed E-state index contributed by atoms with van der Waals surface area (Å²) in [6.45, 7) is 6.07. The van der Waals surface area contributed by atoms with Crippen LogP contribution in [0.1, 0.15) is 84.8 Å². The first kappa shape index (κ1) is 54.3. The lowest BCUT2D eigenvalue weighted by molar-refractivity contribution is -0.347. The number of carboxylic acid groups (broad SMARTS) is 1. The van der Waals surface area contributed by atoms with Gasteiger partial charge >= 0.3 is 47.9 Å². The van der Waals surface area contributed by atoms with Gasteiger partial charge in [0.2, 0.25) is 5.91 Å². The number of aliphatic carboxylic acids is 1. The van der Waals surface area contributed by atoms with Crippen LogP contribution >= 0.6 is 0 Å². The Bertz CT molecular complexity index is 2190. The molecular formula is C47H58N2O21. The van der Waals surface area contributed by atoms with E-state index in [-0.39, 0.29) is 38.4 Å². The molecule has 23 nitrogen and oxygen atoms in total. The molecule has 2 aromatic carbocycles. The normalized spacial score (nSPS) is 25.1. The van der Waals surface area contributed by atoms with Gasteiger partial charge in [-0.05, 0) is 41.5 Å². The number of carbonyl (C=O) groups excluding carboxylic acids is 8. The lowest BCUT2D eigenvalue weighted by atomic mass is 9.94.